The van der Waals surface area contributed by atoms with Crippen molar-refractivity contribution in [3.05, 3.63) is 0 Å². The zero-order valence-corrected chi connectivity index (χ0v) is 9.29. The SMILES string of the molecule is OCC1(CO)[C@H]2[C@@H]3[C@H]4[C@H]5C[C@H]6[C@@H]4[C@@H]3[C@H]1[C@H]6[C@@H]52. The van der Waals surface area contributed by atoms with E-state index in [0.717, 1.165) is 59.2 Å². The van der Waals surface area contributed by atoms with Gasteiger partial charge in [-0.1, -0.05) is 0 Å². The van der Waals surface area contributed by atoms with E-state index in [1.165, 1.54) is 6.42 Å². The van der Waals surface area contributed by atoms with Crippen molar-refractivity contribution in [1.82, 2.24) is 0 Å². The summed E-state index contributed by atoms with van der Waals surface area (Å²) in [7, 11) is 0. The Morgan fingerprint density at radius 3 is 1.69 bits per heavy atom. The largest absolute Gasteiger partial charge is 0.396 e. The summed E-state index contributed by atoms with van der Waals surface area (Å²) in [4.78, 5) is 0. The van der Waals surface area contributed by atoms with Crippen LogP contribution < -0.4 is 0 Å². The van der Waals surface area contributed by atoms with E-state index in [-0.39, 0.29) is 18.6 Å². The predicted molar refractivity (Wildman–Crippen MR) is 56.1 cm³/mol. The zero-order chi connectivity index (χ0) is 10.4. The van der Waals surface area contributed by atoms with Gasteiger partial charge in [-0.25, -0.2) is 0 Å². The first-order valence-corrected chi connectivity index (χ1v) is 7.07. The fourth-order valence-electron chi connectivity index (χ4n) is 8.76. The maximum atomic E-state index is 9.87. The van der Waals surface area contributed by atoms with E-state index in [2.05, 4.69) is 0 Å². The summed E-state index contributed by atoms with van der Waals surface area (Å²) >= 11 is 0. The summed E-state index contributed by atoms with van der Waals surface area (Å²) in [5.74, 6) is 9.33. The van der Waals surface area contributed by atoms with Crippen molar-refractivity contribution in [3.8, 4) is 0 Å². The summed E-state index contributed by atoms with van der Waals surface area (Å²) in [5.41, 5.74) is -0.0401. The van der Waals surface area contributed by atoms with Gasteiger partial charge < -0.3 is 10.2 Å². The standard InChI is InChI=1S/C14H18O2/c15-2-14(3-16)12-8-4-1-5-7-6(4)10(12)11(7)13(14)9(5)8/h4-13,15-16H,1-3H2/t4-,5+,6-,7-,8+,9+,10-,11+,12+,13+/m0/s1. The first kappa shape index (κ1) is 8.10. The summed E-state index contributed by atoms with van der Waals surface area (Å²) in [6.07, 6.45) is 1.53. The van der Waals surface area contributed by atoms with Gasteiger partial charge in [0.25, 0.3) is 0 Å². The van der Waals surface area contributed by atoms with Crippen LogP contribution in [0.25, 0.3) is 0 Å². The molecular weight excluding hydrogens is 200 g/mol. The molecule has 7 saturated carbocycles. The molecule has 0 spiro atoms. The number of hydrogen-bond acceptors (Lipinski definition) is 2. The molecule has 4 bridgehead atoms. The molecule has 86 valence electrons. The second-order valence-corrected chi connectivity index (χ2v) is 7.63. The second-order valence-electron chi connectivity index (χ2n) is 7.63. The van der Waals surface area contributed by atoms with Gasteiger partial charge in [0.1, 0.15) is 0 Å². The molecule has 0 amide bonds. The number of hydrogen-bond donors (Lipinski definition) is 2. The van der Waals surface area contributed by atoms with Gasteiger partial charge in [-0.05, 0) is 65.6 Å². The van der Waals surface area contributed by atoms with E-state index < -0.39 is 0 Å². The van der Waals surface area contributed by atoms with Crippen LogP contribution in [0, 0.1) is 64.6 Å². The van der Waals surface area contributed by atoms with Crippen LogP contribution in [-0.4, -0.2) is 23.4 Å². The van der Waals surface area contributed by atoms with Crippen molar-refractivity contribution in [2.75, 3.05) is 13.2 Å². The topological polar surface area (TPSA) is 40.5 Å². The summed E-state index contributed by atoms with van der Waals surface area (Å²) in [6.45, 7) is 0.523. The van der Waals surface area contributed by atoms with Crippen molar-refractivity contribution in [3.63, 3.8) is 0 Å². The monoisotopic (exact) mass is 218 g/mol. The lowest BCUT2D eigenvalue weighted by atomic mass is 9.60. The third-order valence-corrected chi connectivity index (χ3v) is 8.32. The molecule has 2 N–H and O–H groups in total. The average molecular weight is 218 g/mol. The quantitative estimate of drug-likeness (QED) is 0.712. The summed E-state index contributed by atoms with van der Waals surface area (Å²) in [6, 6.07) is 0. The minimum absolute atomic E-state index is 0.0401. The fraction of sp³-hybridized carbons (Fsp3) is 1.00. The van der Waals surface area contributed by atoms with Gasteiger partial charge in [0, 0.05) is 5.41 Å². The molecule has 0 aromatic heterocycles. The normalized spacial score (nSPS) is 76.9. The van der Waals surface area contributed by atoms with E-state index in [1.54, 1.807) is 0 Å². The fourth-order valence-corrected chi connectivity index (χ4v) is 8.76. The highest BCUT2D eigenvalue weighted by Crippen LogP contribution is 2.94. The van der Waals surface area contributed by atoms with Crippen molar-refractivity contribution >= 4 is 0 Å². The van der Waals surface area contributed by atoms with Crippen LogP contribution in [0.1, 0.15) is 6.42 Å². The molecular formula is C14H18O2. The smallest absolute Gasteiger partial charge is 0.0515 e. The van der Waals surface area contributed by atoms with Crippen LogP contribution in [0.5, 0.6) is 0 Å². The number of aliphatic hydroxyl groups excluding tert-OH is 2. The van der Waals surface area contributed by atoms with Crippen LogP contribution in [0.15, 0.2) is 0 Å². The van der Waals surface area contributed by atoms with Gasteiger partial charge >= 0.3 is 0 Å². The van der Waals surface area contributed by atoms with E-state index in [0.29, 0.717) is 0 Å². The molecule has 0 aliphatic heterocycles. The first-order chi connectivity index (χ1) is 7.85. The van der Waals surface area contributed by atoms with Crippen LogP contribution in [0.4, 0.5) is 0 Å². The van der Waals surface area contributed by atoms with Crippen LogP contribution in [0.2, 0.25) is 0 Å². The van der Waals surface area contributed by atoms with E-state index >= 15 is 0 Å². The Morgan fingerprint density at radius 1 is 0.750 bits per heavy atom. The maximum Gasteiger partial charge on any atom is 0.0515 e. The average Bonchev–Trinajstić information content (AvgIpc) is 2.88. The van der Waals surface area contributed by atoms with Crippen molar-refractivity contribution < 1.29 is 10.2 Å². The Bertz CT molecular complexity index is 377. The molecule has 0 radical (unpaired) electrons. The molecule has 2 heteroatoms. The van der Waals surface area contributed by atoms with Gasteiger partial charge in [0.15, 0.2) is 0 Å². The molecule has 0 unspecified atom stereocenters. The predicted octanol–water partition coefficient (Wildman–Crippen LogP) is 0.591. The van der Waals surface area contributed by atoms with Gasteiger partial charge in [0.05, 0.1) is 13.2 Å². The van der Waals surface area contributed by atoms with Crippen molar-refractivity contribution in [2.45, 2.75) is 6.42 Å². The molecule has 7 rings (SSSR count). The molecule has 7 fully saturated rings. The number of aliphatic hydroxyl groups is 2. The van der Waals surface area contributed by atoms with E-state index in [1.807, 2.05) is 0 Å². The summed E-state index contributed by atoms with van der Waals surface area (Å²) < 4.78 is 0. The molecule has 0 aromatic rings. The highest BCUT2D eigenvalue weighted by molar-refractivity contribution is 5.38. The van der Waals surface area contributed by atoms with E-state index in [4.69, 9.17) is 0 Å². The molecule has 0 saturated heterocycles. The highest BCUT2D eigenvalue weighted by Gasteiger charge is 2.91. The molecule has 0 aromatic carbocycles. The Kier molecular flexibility index (Phi) is 0.966. The molecule has 0 heterocycles. The van der Waals surface area contributed by atoms with Gasteiger partial charge in [0.2, 0.25) is 0 Å². The van der Waals surface area contributed by atoms with Crippen LogP contribution >= 0.6 is 0 Å². The Labute approximate surface area is 95.0 Å². The highest BCUT2D eigenvalue weighted by atomic mass is 16.3. The second kappa shape index (κ2) is 1.91. The minimum Gasteiger partial charge on any atom is -0.396 e. The molecule has 7 aliphatic carbocycles. The van der Waals surface area contributed by atoms with E-state index in [9.17, 15) is 10.2 Å². The minimum atomic E-state index is -0.0401. The Morgan fingerprint density at radius 2 is 1.25 bits per heavy atom. The van der Waals surface area contributed by atoms with Crippen molar-refractivity contribution in [1.29, 1.82) is 0 Å². The Balaban J connectivity index is 1.67. The van der Waals surface area contributed by atoms with Crippen LogP contribution in [0.3, 0.4) is 0 Å². The zero-order valence-electron chi connectivity index (χ0n) is 9.29. The third kappa shape index (κ3) is 0.425. The van der Waals surface area contributed by atoms with Gasteiger partial charge in [-0.2, -0.15) is 0 Å². The number of rotatable bonds is 2. The summed E-state index contributed by atoms with van der Waals surface area (Å²) in [5, 5.41) is 19.7. The lowest BCUT2D eigenvalue weighted by molar-refractivity contribution is 0.00446. The Hall–Kier alpha value is -0.0800. The lowest BCUT2D eigenvalue weighted by Crippen LogP contribution is -2.41. The lowest BCUT2D eigenvalue weighted by Gasteiger charge is -2.44. The van der Waals surface area contributed by atoms with Crippen LogP contribution in [-0.2, 0) is 0 Å². The molecule has 16 heavy (non-hydrogen) atoms. The molecule has 10 atom stereocenters. The maximum absolute atomic E-state index is 9.87. The molecule has 2 nitrogen and oxygen atoms in total. The first-order valence-electron chi connectivity index (χ1n) is 7.07. The van der Waals surface area contributed by atoms with Gasteiger partial charge in [-0.3, -0.25) is 0 Å². The third-order valence-electron chi connectivity index (χ3n) is 8.32. The molecule has 7 aliphatic rings. The van der Waals surface area contributed by atoms with Crippen molar-refractivity contribution in [2.24, 2.45) is 64.6 Å². The van der Waals surface area contributed by atoms with Gasteiger partial charge in [-0.15, -0.1) is 0 Å².